The fourth-order valence-corrected chi connectivity index (χ4v) is 2.64. The van der Waals surface area contributed by atoms with Gasteiger partial charge in [-0.2, -0.15) is 0 Å². The third kappa shape index (κ3) is 4.63. The lowest BCUT2D eigenvalue weighted by Crippen LogP contribution is -2.35. The van der Waals surface area contributed by atoms with Crippen molar-refractivity contribution < 1.29 is 14.3 Å². The average molecular weight is 315 g/mol. The Hall–Kier alpha value is -2.27. The number of rotatable bonds is 6. The summed E-state index contributed by atoms with van der Waals surface area (Å²) >= 11 is 1.42. The van der Waals surface area contributed by atoms with Gasteiger partial charge >= 0.3 is 5.97 Å². The molecule has 2 aromatic rings. The van der Waals surface area contributed by atoms with E-state index in [1.165, 1.54) is 18.9 Å². The van der Waals surface area contributed by atoms with Crippen LogP contribution in [-0.4, -0.2) is 24.7 Å². The van der Waals surface area contributed by atoms with Gasteiger partial charge in [-0.15, -0.1) is 11.8 Å². The molecule has 1 N–H and O–H groups in total. The molecule has 0 aliphatic carbocycles. The smallest absolute Gasteiger partial charge is 0.333 e. The third-order valence-electron chi connectivity index (χ3n) is 2.99. The molecule has 0 aromatic heterocycles. The van der Waals surface area contributed by atoms with E-state index in [0.717, 1.165) is 4.90 Å². The first-order valence-corrected chi connectivity index (χ1v) is 7.79. The molecule has 4 nitrogen and oxygen atoms in total. The zero-order valence-corrected chi connectivity index (χ0v) is 13.0. The first kappa shape index (κ1) is 16.1. The van der Waals surface area contributed by atoms with Crippen LogP contribution in [0.2, 0.25) is 0 Å². The van der Waals surface area contributed by atoms with Crippen LogP contribution < -0.4 is 5.32 Å². The van der Waals surface area contributed by atoms with E-state index >= 15 is 0 Å². The second-order valence-electron chi connectivity index (χ2n) is 4.54. The molecule has 0 bridgehead atoms. The number of methoxy groups -OCH3 is 1. The van der Waals surface area contributed by atoms with Gasteiger partial charge in [0.1, 0.15) is 0 Å². The molecule has 0 saturated heterocycles. The lowest BCUT2D eigenvalue weighted by atomic mass is 10.1. The number of hydrogen-bond acceptors (Lipinski definition) is 4. The number of amides is 1. The third-order valence-corrected chi connectivity index (χ3v) is 4.00. The van der Waals surface area contributed by atoms with Crippen molar-refractivity contribution in [1.29, 1.82) is 0 Å². The van der Waals surface area contributed by atoms with Gasteiger partial charge in [-0.1, -0.05) is 48.5 Å². The number of benzene rings is 2. The van der Waals surface area contributed by atoms with Crippen molar-refractivity contribution in [1.82, 2.24) is 5.32 Å². The summed E-state index contributed by atoms with van der Waals surface area (Å²) in [4.78, 5) is 25.0. The van der Waals surface area contributed by atoms with E-state index < -0.39 is 12.0 Å². The summed E-state index contributed by atoms with van der Waals surface area (Å²) in [6.07, 6.45) is 0. The van der Waals surface area contributed by atoms with Crippen LogP contribution in [0.15, 0.2) is 65.6 Å². The Labute approximate surface area is 133 Å². The Morgan fingerprint density at radius 1 is 1.05 bits per heavy atom. The summed E-state index contributed by atoms with van der Waals surface area (Å²) in [6, 6.07) is 17.9. The predicted octanol–water partition coefficient (Wildman–Crippen LogP) is 2.81. The van der Waals surface area contributed by atoms with Gasteiger partial charge in [-0.05, 0) is 17.7 Å². The molecular formula is C17H17NO3S. The lowest BCUT2D eigenvalue weighted by molar-refractivity contribution is -0.145. The second-order valence-corrected chi connectivity index (χ2v) is 5.58. The van der Waals surface area contributed by atoms with Gasteiger partial charge in [0.2, 0.25) is 5.91 Å². The predicted molar refractivity (Wildman–Crippen MR) is 86.5 cm³/mol. The molecule has 1 atom stereocenters. The second kappa shape index (κ2) is 8.24. The molecule has 114 valence electrons. The highest BCUT2D eigenvalue weighted by Crippen LogP contribution is 2.18. The van der Waals surface area contributed by atoms with E-state index in [9.17, 15) is 9.59 Å². The molecule has 0 saturated carbocycles. The quantitative estimate of drug-likeness (QED) is 0.658. The molecule has 0 spiro atoms. The number of nitrogens with one attached hydrogen (secondary N) is 1. The van der Waals surface area contributed by atoms with Gasteiger partial charge in [0, 0.05) is 4.90 Å². The van der Waals surface area contributed by atoms with Crippen molar-refractivity contribution in [3.05, 3.63) is 66.2 Å². The number of carbonyl (C=O) groups is 2. The summed E-state index contributed by atoms with van der Waals surface area (Å²) in [5.41, 5.74) is 0.701. The molecule has 2 rings (SSSR count). The topological polar surface area (TPSA) is 55.4 Å². The Balaban J connectivity index is 1.98. The maximum absolute atomic E-state index is 12.1. The minimum Gasteiger partial charge on any atom is -0.467 e. The van der Waals surface area contributed by atoms with Crippen molar-refractivity contribution in [2.75, 3.05) is 12.9 Å². The first-order chi connectivity index (χ1) is 10.7. The van der Waals surface area contributed by atoms with E-state index in [1.54, 1.807) is 12.1 Å². The number of hydrogen-bond donors (Lipinski definition) is 1. The van der Waals surface area contributed by atoms with E-state index in [2.05, 4.69) is 5.32 Å². The van der Waals surface area contributed by atoms with E-state index in [4.69, 9.17) is 4.74 Å². The number of esters is 1. The van der Waals surface area contributed by atoms with Crippen LogP contribution in [0.4, 0.5) is 0 Å². The Kier molecular flexibility index (Phi) is 6.03. The van der Waals surface area contributed by atoms with Crippen molar-refractivity contribution in [2.45, 2.75) is 10.9 Å². The fraction of sp³-hybridized carbons (Fsp3) is 0.176. The van der Waals surface area contributed by atoms with E-state index in [0.29, 0.717) is 5.56 Å². The average Bonchev–Trinajstić information content (AvgIpc) is 2.59. The Morgan fingerprint density at radius 2 is 1.64 bits per heavy atom. The highest BCUT2D eigenvalue weighted by molar-refractivity contribution is 8.00. The molecule has 22 heavy (non-hydrogen) atoms. The Bertz CT molecular complexity index is 616. The number of carbonyl (C=O) groups excluding carboxylic acids is 2. The largest absolute Gasteiger partial charge is 0.467 e. The van der Waals surface area contributed by atoms with Crippen molar-refractivity contribution in [2.24, 2.45) is 0 Å². The lowest BCUT2D eigenvalue weighted by Gasteiger charge is -2.16. The minimum absolute atomic E-state index is 0.215. The summed E-state index contributed by atoms with van der Waals surface area (Å²) in [5.74, 6) is -0.456. The molecule has 0 heterocycles. The zero-order valence-electron chi connectivity index (χ0n) is 12.2. The molecule has 0 aliphatic heterocycles. The Morgan fingerprint density at radius 3 is 2.23 bits per heavy atom. The van der Waals surface area contributed by atoms with E-state index in [-0.39, 0.29) is 11.7 Å². The summed E-state index contributed by atoms with van der Waals surface area (Å²) < 4.78 is 4.77. The zero-order chi connectivity index (χ0) is 15.8. The van der Waals surface area contributed by atoms with Crippen molar-refractivity contribution in [3.8, 4) is 0 Å². The maximum atomic E-state index is 12.1. The van der Waals surface area contributed by atoms with Crippen LogP contribution in [0.5, 0.6) is 0 Å². The van der Waals surface area contributed by atoms with Gasteiger partial charge in [0.05, 0.1) is 12.9 Å². The van der Waals surface area contributed by atoms with Crippen molar-refractivity contribution in [3.63, 3.8) is 0 Å². The monoisotopic (exact) mass is 315 g/mol. The van der Waals surface area contributed by atoms with Crippen LogP contribution in [0.25, 0.3) is 0 Å². The van der Waals surface area contributed by atoms with Gasteiger partial charge in [0.25, 0.3) is 0 Å². The maximum Gasteiger partial charge on any atom is 0.333 e. The minimum atomic E-state index is -0.782. The highest BCUT2D eigenvalue weighted by Gasteiger charge is 2.23. The van der Waals surface area contributed by atoms with Gasteiger partial charge < -0.3 is 10.1 Å². The normalized spacial score (nSPS) is 11.5. The molecule has 1 amide bonds. The fourth-order valence-electron chi connectivity index (χ4n) is 1.91. The van der Waals surface area contributed by atoms with Crippen LogP contribution in [0.1, 0.15) is 11.6 Å². The van der Waals surface area contributed by atoms with Crippen LogP contribution in [0.3, 0.4) is 0 Å². The first-order valence-electron chi connectivity index (χ1n) is 6.80. The van der Waals surface area contributed by atoms with Gasteiger partial charge in [-0.25, -0.2) is 4.79 Å². The molecule has 2 aromatic carbocycles. The van der Waals surface area contributed by atoms with Gasteiger partial charge in [0.15, 0.2) is 6.04 Å². The van der Waals surface area contributed by atoms with E-state index in [1.807, 2.05) is 48.5 Å². The van der Waals surface area contributed by atoms with Crippen LogP contribution in [-0.2, 0) is 14.3 Å². The number of ether oxygens (including phenoxy) is 1. The molecule has 0 unspecified atom stereocenters. The highest BCUT2D eigenvalue weighted by atomic mass is 32.2. The molecule has 0 aliphatic rings. The molecule has 0 radical (unpaired) electrons. The summed E-state index contributed by atoms with van der Waals surface area (Å²) in [7, 11) is 1.31. The van der Waals surface area contributed by atoms with Gasteiger partial charge in [-0.3, -0.25) is 4.79 Å². The molecule has 5 heteroatoms. The number of thioether (sulfide) groups is 1. The molecular weight excluding hydrogens is 298 g/mol. The summed E-state index contributed by atoms with van der Waals surface area (Å²) in [6.45, 7) is 0. The van der Waals surface area contributed by atoms with Crippen LogP contribution >= 0.6 is 11.8 Å². The van der Waals surface area contributed by atoms with Crippen molar-refractivity contribution >= 4 is 23.6 Å². The van der Waals surface area contributed by atoms with Crippen LogP contribution in [0, 0.1) is 0 Å². The molecule has 0 fully saturated rings. The SMILES string of the molecule is COC(=O)[C@@H](NC(=O)CSc1ccccc1)c1ccccc1. The summed E-state index contributed by atoms with van der Waals surface area (Å²) in [5, 5.41) is 2.72. The standard InChI is InChI=1S/C17H17NO3S/c1-21-17(20)16(13-8-4-2-5-9-13)18-15(19)12-22-14-10-6-3-7-11-14/h2-11,16H,12H2,1H3,(H,18,19)/t16-/m0/s1.